The van der Waals surface area contributed by atoms with Crippen LogP contribution in [-0.4, -0.2) is 38.8 Å². The molecular weight excluding hydrogens is 452 g/mol. The molecule has 0 bridgehead atoms. The summed E-state index contributed by atoms with van der Waals surface area (Å²) in [5.41, 5.74) is 3.03. The minimum atomic E-state index is -0.435. The predicted octanol–water partition coefficient (Wildman–Crippen LogP) is 4.34. The Labute approximate surface area is 199 Å². The predicted molar refractivity (Wildman–Crippen MR) is 131 cm³/mol. The first kappa shape index (κ1) is 21.8. The minimum absolute atomic E-state index is 0.215. The first-order valence-electron chi connectivity index (χ1n) is 10.8. The van der Waals surface area contributed by atoms with Crippen molar-refractivity contribution in [2.75, 3.05) is 13.7 Å². The van der Waals surface area contributed by atoms with Crippen molar-refractivity contribution >= 4 is 38.6 Å². The van der Waals surface area contributed by atoms with Crippen LogP contribution in [0.1, 0.15) is 28.0 Å². The summed E-state index contributed by atoms with van der Waals surface area (Å²) in [7, 11) is 1.63. The molecule has 2 aromatic carbocycles. The third-order valence-electron chi connectivity index (χ3n) is 5.65. The summed E-state index contributed by atoms with van der Waals surface area (Å²) in [6.45, 7) is 3.99. The second-order valence-corrected chi connectivity index (χ2v) is 8.68. The van der Waals surface area contributed by atoms with Crippen LogP contribution in [0, 0.1) is 6.92 Å². The summed E-state index contributed by atoms with van der Waals surface area (Å²) < 4.78 is 14.0. The summed E-state index contributed by atoms with van der Waals surface area (Å²) >= 11 is 1.18. The zero-order valence-electron chi connectivity index (χ0n) is 18.9. The van der Waals surface area contributed by atoms with Gasteiger partial charge in [-0.05, 0) is 55.8 Å². The van der Waals surface area contributed by atoms with Crippen molar-refractivity contribution in [2.24, 2.45) is 0 Å². The number of fused-ring (bicyclic) bond motifs is 2. The van der Waals surface area contributed by atoms with E-state index in [4.69, 9.17) is 14.5 Å². The van der Waals surface area contributed by atoms with E-state index in [9.17, 15) is 9.59 Å². The Kier molecular flexibility index (Phi) is 5.62. The van der Waals surface area contributed by atoms with E-state index < -0.39 is 5.97 Å². The maximum atomic E-state index is 13.4. The summed E-state index contributed by atoms with van der Waals surface area (Å²) in [4.78, 5) is 35.9. The zero-order chi connectivity index (χ0) is 23.8. The van der Waals surface area contributed by atoms with E-state index in [0.717, 1.165) is 22.5 Å². The average Bonchev–Trinajstić information content (AvgIpc) is 3.39. The monoisotopic (exact) mass is 474 g/mol. The molecule has 34 heavy (non-hydrogen) atoms. The topological polar surface area (TPSA) is 88.2 Å². The molecule has 0 radical (unpaired) electrons. The lowest BCUT2D eigenvalue weighted by Gasteiger charge is -2.11. The lowest BCUT2D eigenvalue weighted by atomic mass is 10.2. The highest BCUT2D eigenvalue weighted by molar-refractivity contribution is 7.20. The fourth-order valence-electron chi connectivity index (χ4n) is 4.02. The number of nitrogens with zero attached hydrogens (tertiary/aromatic N) is 4. The van der Waals surface area contributed by atoms with Gasteiger partial charge >= 0.3 is 5.97 Å². The van der Waals surface area contributed by atoms with Crippen LogP contribution in [-0.2, 0) is 11.3 Å². The molecule has 0 atom stereocenters. The molecule has 0 amide bonds. The molecule has 9 heteroatoms. The second kappa shape index (κ2) is 8.75. The van der Waals surface area contributed by atoms with Gasteiger partial charge in [0.1, 0.15) is 21.3 Å². The highest BCUT2D eigenvalue weighted by Crippen LogP contribution is 2.28. The first-order chi connectivity index (χ1) is 16.5. The normalized spacial score (nSPS) is 11.3. The van der Waals surface area contributed by atoms with Gasteiger partial charge in [-0.2, -0.15) is 0 Å². The van der Waals surface area contributed by atoms with Crippen LogP contribution in [0.2, 0.25) is 0 Å². The van der Waals surface area contributed by atoms with Crippen LogP contribution in [0.25, 0.3) is 26.9 Å². The number of para-hydroxylation sites is 2. The van der Waals surface area contributed by atoms with E-state index in [1.807, 2.05) is 53.1 Å². The number of aromatic nitrogens is 4. The lowest BCUT2D eigenvalue weighted by molar-refractivity contribution is 0.0531. The standard InChI is InChI=1S/C25H22N4O4S/c1-4-33-25(31)22-15(2)21-23(34-22)26-14-28(24(21)30)13-20-27-18-7-5-6-8-19(18)29(20)16-9-11-17(32-3)12-10-16/h5-12,14H,4,13H2,1-3H3. The molecule has 0 unspecified atom stereocenters. The number of carbonyl (C=O) groups is 1. The van der Waals surface area contributed by atoms with Crippen molar-refractivity contribution in [3.63, 3.8) is 0 Å². The smallest absolute Gasteiger partial charge is 0.348 e. The number of carbonyl (C=O) groups excluding carboxylic acids is 1. The Bertz CT molecular complexity index is 1580. The highest BCUT2D eigenvalue weighted by atomic mass is 32.1. The summed E-state index contributed by atoms with van der Waals surface area (Å²) in [6.07, 6.45) is 1.51. The van der Waals surface area contributed by atoms with E-state index in [-0.39, 0.29) is 18.7 Å². The van der Waals surface area contributed by atoms with Crippen LogP contribution >= 0.6 is 11.3 Å². The molecule has 5 aromatic rings. The fraction of sp³-hybridized carbons (Fsp3) is 0.200. The van der Waals surface area contributed by atoms with Gasteiger partial charge in [-0.15, -0.1) is 11.3 Å². The molecule has 0 saturated carbocycles. The summed E-state index contributed by atoms with van der Waals surface area (Å²) in [5.74, 6) is 1.01. The van der Waals surface area contributed by atoms with Gasteiger partial charge in [-0.3, -0.25) is 13.9 Å². The minimum Gasteiger partial charge on any atom is -0.497 e. The SMILES string of the molecule is CCOC(=O)c1sc2ncn(Cc3nc4ccccc4n3-c3ccc(OC)cc3)c(=O)c2c1C. The number of aryl methyl sites for hydroxylation is 1. The van der Waals surface area contributed by atoms with Crippen molar-refractivity contribution in [3.05, 3.63) is 81.5 Å². The Morgan fingerprint density at radius 2 is 1.88 bits per heavy atom. The van der Waals surface area contributed by atoms with Crippen LogP contribution in [0.15, 0.2) is 59.7 Å². The van der Waals surface area contributed by atoms with Crippen molar-refractivity contribution in [3.8, 4) is 11.4 Å². The Morgan fingerprint density at radius 1 is 1.12 bits per heavy atom. The van der Waals surface area contributed by atoms with Gasteiger partial charge in [-0.1, -0.05) is 12.1 Å². The van der Waals surface area contributed by atoms with Crippen LogP contribution < -0.4 is 10.3 Å². The van der Waals surface area contributed by atoms with Crippen molar-refractivity contribution in [2.45, 2.75) is 20.4 Å². The van der Waals surface area contributed by atoms with Gasteiger partial charge in [0.2, 0.25) is 0 Å². The van der Waals surface area contributed by atoms with E-state index in [0.29, 0.717) is 26.5 Å². The molecule has 172 valence electrons. The molecule has 3 aromatic heterocycles. The third-order valence-corrected chi connectivity index (χ3v) is 6.83. The second-order valence-electron chi connectivity index (χ2n) is 7.68. The number of methoxy groups -OCH3 is 1. The summed E-state index contributed by atoms with van der Waals surface area (Å²) in [5, 5.41) is 0.433. The molecule has 3 heterocycles. The van der Waals surface area contributed by atoms with Gasteiger partial charge in [-0.25, -0.2) is 14.8 Å². The number of imidazole rings is 1. The molecule has 0 aliphatic heterocycles. The van der Waals surface area contributed by atoms with Crippen molar-refractivity contribution in [1.82, 2.24) is 19.1 Å². The molecule has 0 saturated heterocycles. The zero-order valence-corrected chi connectivity index (χ0v) is 19.8. The molecular formula is C25H22N4O4S. The van der Waals surface area contributed by atoms with Crippen LogP contribution in [0.3, 0.4) is 0 Å². The number of thiophene rings is 1. The molecule has 0 N–H and O–H groups in total. The molecule has 5 rings (SSSR count). The molecule has 8 nitrogen and oxygen atoms in total. The van der Waals surface area contributed by atoms with E-state index in [1.54, 1.807) is 21.0 Å². The number of hydrogen-bond acceptors (Lipinski definition) is 7. The number of ether oxygens (including phenoxy) is 2. The maximum absolute atomic E-state index is 13.4. The van der Waals surface area contributed by atoms with Gasteiger partial charge in [0, 0.05) is 5.69 Å². The fourth-order valence-corrected chi connectivity index (χ4v) is 5.05. The van der Waals surface area contributed by atoms with Crippen LogP contribution in [0.4, 0.5) is 0 Å². The van der Waals surface area contributed by atoms with Gasteiger partial charge in [0.25, 0.3) is 5.56 Å². The molecule has 0 fully saturated rings. The van der Waals surface area contributed by atoms with Crippen molar-refractivity contribution in [1.29, 1.82) is 0 Å². The number of benzene rings is 2. The van der Waals surface area contributed by atoms with Crippen LogP contribution in [0.5, 0.6) is 5.75 Å². The first-order valence-corrected chi connectivity index (χ1v) is 11.6. The van der Waals surface area contributed by atoms with Crippen molar-refractivity contribution < 1.29 is 14.3 Å². The molecule has 0 aliphatic rings. The number of rotatable bonds is 6. The van der Waals surface area contributed by atoms with Gasteiger partial charge < -0.3 is 9.47 Å². The maximum Gasteiger partial charge on any atom is 0.348 e. The highest BCUT2D eigenvalue weighted by Gasteiger charge is 2.21. The van der Waals surface area contributed by atoms with E-state index in [2.05, 4.69) is 4.98 Å². The Balaban J connectivity index is 1.62. The number of esters is 1. The van der Waals surface area contributed by atoms with Gasteiger partial charge in [0.15, 0.2) is 0 Å². The third kappa shape index (κ3) is 3.63. The van der Waals surface area contributed by atoms with E-state index >= 15 is 0 Å². The van der Waals surface area contributed by atoms with Gasteiger partial charge in [0.05, 0.1) is 43.0 Å². The van der Waals surface area contributed by atoms with E-state index in [1.165, 1.54) is 22.2 Å². The average molecular weight is 475 g/mol. The molecule has 0 spiro atoms. The Hall–Kier alpha value is -3.98. The molecule has 0 aliphatic carbocycles. The summed E-state index contributed by atoms with van der Waals surface area (Å²) in [6, 6.07) is 15.5. The number of hydrogen-bond donors (Lipinski definition) is 0. The Morgan fingerprint density at radius 3 is 2.62 bits per heavy atom. The largest absolute Gasteiger partial charge is 0.497 e. The lowest BCUT2D eigenvalue weighted by Crippen LogP contribution is -2.22. The quantitative estimate of drug-likeness (QED) is 0.340.